The average Bonchev–Trinajstić information content (AvgIpc) is 3.08. The third-order valence-electron chi connectivity index (χ3n) is 3.55. The minimum Gasteiger partial charge on any atom is -0.468 e. The van der Waals surface area contributed by atoms with Crippen molar-refractivity contribution >= 4 is 33.4 Å². The fraction of sp³-hybridized carbons (Fsp3) is 0.353. The lowest BCUT2D eigenvalue weighted by molar-refractivity contribution is -0.121. The molecule has 0 aliphatic rings. The van der Waals surface area contributed by atoms with Gasteiger partial charge >= 0.3 is 0 Å². The topological polar surface area (TPSA) is 79.6 Å². The summed E-state index contributed by atoms with van der Waals surface area (Å²) in [5, 5.41) is 2.69. The first-order chi connectivity index (χ1) is 12.3. The molecule has 1 aromatic heterocycles. The van der Waals surface area contributed by atoms with Gasteiger partial charge < -0.3 is 9.73 Å². The predicted molar refractivity (Wildman–Crippen MR) is 101 cm³/mol. The van der Waals surface area contributed by atoms with Crippen LogP contribution in [-0.4, -0.2) is 38.9 Å². The Hall–Kier alpha value is -2.00. The Kier molecular flexibility index (Phi) is 7.10. The van der Waals surface area contributed by atoms with E-state index in [1.807, 2.05) is 12.1 Å². The molecule has 0 fully saturated rings. The lowest BCUT2D eigenvalue weighted by Crippen LogP contribution is -2.48. The van der Waals surface area contributed by atoms with E-state index >= 15 is 0 Å². The van der Waals surface area contributed by atoms with Gasteiger partial charge in [-0.1, -0.05) is 12.1 Å². The molecule has 1 N–H and O–H groups in total. The SMILES string of the molecule is CC(C(=O)NCCSCc1ccco1)N(c1ccccc1F)S(C)(=O)=O. The highest BCUT2D eigenvalue weighted by Crippen LogP contribution is 2.24. The van der Waals surface area contributed by atoms with Crippen LogP contribution < -0.4 is 9.62 Å². The van der Waals surface area contributed by atoms with E-state index in [4.69, 9.17) is 4.42 Å². The highest BCUT2D eigenvalue weighted by atomic mass is 32.2. The van der Waals surface area contributed by atoms with Crippen molar-refractivity contribution < 1.29 is 22.0 Å². The number of amides is 1. The fourth-order valence-electron chi connectivity index (χ4n) is 2.37. The number of carbonyl (C=O) groups excluding carboxylic acids is 1. The zero-order chi connectivity index (χ0) is 19.2. The van der Waals surface area contributed by atoms with E-state index in [1.54, 1.807) is 18.0 Å². The summed E-state index contributed by atoms with van der Waals surface area (Å²) in [5.74, 6) is 0.974. The Balaban J connectivity index is 1.94. The third kappa shape index (κ3) is 5.50. The molecule has 142 valence electrons. The van der Waals surface area contributed by atoms with E-state index in [0.717, 1.165) is 22.4 Å². The van der Waals surface area contributed by atoms with Crippen LogP contribution in [0.2, 0.25) is 0 Å². The van der Waals surface area contributed by atoms with Crippen molar-refractivity contribution in [3.8, 4) is 0 Å². The fourth-order valence-corrected chi connectivity index (χ4v) is 4.30. The Bertz CT molecular complexity index is 825. The number of benzene rings is 1. The highest BCUT2D eigenvalue weighted by molar-refractivity contribution is 7.98. The molecule has 0 bridgehead atoms. The van der Waals surface area contributed by atoms with Gasteiger partial charge in [0.15, 0.2) is 0 Å². The quantitative estimate of drug-likeness (QED) is 0.655. The predicted octanol–water partition coefficient (Wildman–Crippen LogP) is 2.62. The van der Waals surface area contributed by atoms with E-state index in [-0.39, 0.29) is 5.69 Å². The second-order valence-electron chi connectivity index (χ2n) is 5.61. The van der Waals surface area contributed by atoms with Crippen LogP contribution in [0.25, 0.3) is 0 Å². The second kappa shape index (κ2) is 9.09. The van der Waals surface area contributed by atoms with Crippen molar-refractivity contribution in [3.05, 3.63) is 54.2 Å². The molecule has 9 heteroatoms. The van der Waals surface area contributed by atoms with Gasteiger partial charge in [-0.2, -0.15) is 11.8 Å². The Morgan fingerprint density at radius 1 is 1.31 bits per heavy atom. The standard InChI is InChI=1S/C17H21FN2O4S2/c1-13(17(21)19-9-11-25-12-14-6-5-10-24-14)20(26(2,22)23)16-8-4-3-7-15(16)18/h3-8,10,13H,9,11-12H2,1-2H3,(H,19,21). The first-order valence-corrected chi connectivity index (χ1v) is 10.9. The lowest BCUT2D eigenvalue weighted by atomic mass is 10.2. The van der Waals surface area contributed by atoms with Gasteiger partial charge in [0.05, 0.1) is 24.0 Å². The summed E-state index contributed by atoms with van der Waals surface area (Å²) in [4.78, 5) is 12.3. The molecule has 1 aromatic carbocycles. The summed E-state index contributed by atoms with van der Waals surface area (Å²) < 4.78 is 44.2. The van der Waals surface area contributed by atoms with Crippen molar-refractivity contribution in [1.82, 2.24) is 5.32 Å². The summed E-state index contributed by atoms with van der Waals surface area (Å²) in [6, 6.07) is 8.07. The second-order valence-corrected chi connectivity index (χ2v) is 8.57. The van der Waals surface area contributed by atoms with E-state index in [9.17, 15) is 17.6 Å². The van der Waals surface area contributed by atoms with Gasteiger partial charge in [0.1, 0.15) is 17.6 Å². The van der Waals surface area contributed by atoms with Crippen LogP contribution in [0.15, 0.2) is 47.1 Å². The molecule has 0 spiro atoms. The monoisotopic (exact) mass is 400 g/mol. The maximum atomic E-state index is 14.0. The van der Waals surface area contributed by atoms with Gasteiger partial charge in [-0.05, 0) is 31.2 Å². The number of thioether (sulfide) groups is 1. The molecule has 0 radical (unpaired) electrons. The highest BCUT2D eigenvalue weighted by Gasteiger charge is 2.30. The number of hydrogen-bond acceptors (Lipinski definition) is 5. The van der Waals surface area contributed by atoms with Gasteiger partial charge in [-0.3, -0.25) is 9.10 Å². The first-order valence-electron chi connectivity index (χ1n) is 7.92. The van der Waals surface area contributed by atoms with Crippen molar-refractivity contribution in [3.63, 3.8) is 0 Å². The van der Waals surface area contributed by atoms with Gasteiger partial charge in [0.2, 0.25) is 15.9 Å². The van der Waals surface area contributed by atoms with Crippen molar-refractivity contribution in [2.45, 2.75) is 18.7 Å². The summed E-state index contributed by atoms with van der Waals surface area (Å²) in [7, 11) is -3.83. The molecule has 1 amide bonds. The molecule has 2 aromatic rings. The lowest BCUT2D eigenvalue weighted by Gasteiger charge is -2.28. The summed E-state index contributed by atoms with van der Waals surface area (Å²) in [6.45, 7) is 1.79. The van der Waals surface area contributed by atoms with E-state index in [1.165, 1.54) is 25.1 Å². The van der Waals surface area contributed by atoms with Crippen LogP contribution in [0.5, 0.6) is 0 Å². The molecule has 0 saturated carbocycles. The van der Waals surface area contributed by atoms with E-state index < -0.39 is 27.8 Å². The van der Waals surface area contributed by atoms with Crippen LogP contribution in [0.1, 0.15) is 12.7 Å². The minimum absolute atomic E-state index is 0.148. The third-order valence-corrected chi connectivity index (χ3v) is 5.76. The van der Waals surface area contributed by atoms with Crippen LogP contribution in [0.3, 0.4) is 0 Å². The van der Waals surface area contributed by atoms with E-state index in [2.05, 4.69) is 5.32 Å². The van der Waals surface area contributed by atoms with Crippen LogP contribution in [-0.2, 0) is 20.6 Å². The summed E-state index contributed by atoms with van der Waals surface area (Å²) >= 11 is 1.58. The number of hydrogen-bond donors (Lipinski definition) is 1. The molecular weight excluding hydrogens is 379 g/mol. The maximum Gasteiger partial charge on any atom is 0.243 e. The largest absolute Gasteiger partial charge is 0.468 e. The minimum atomic E-state index is -3.83. The van der Waals surface area contributed by atoms with Gasteiger partial charge in [-0.15, -0.1) is 0 Å². The van der Waals surface area contributed by atoms with Crippen LogP contribution in [0, 0.1) is 5.82 Å². The average molecular weight is 400 g/mol. The maximum absolute atomic E-state index is 14.0. The summed E-state index contributed by atoms with van der Waals surface area (Å²) in [6.07, 6.45) is 2.55. The zero-order valence-electron chi connectivity index (χ0n) is 14.5. The number of nitrogens with one attached hydrogen (secondary N) is 1. The van der Waals surface area contributed by atoms with Crippen LogP contribution >= 0.6 is 11.8 Å². The Morgan fingerprint density at radius 2 is 2.04 bits per heavy atom. The van der Waals surface area contributed by atoms with Crippen LogP contribution in [0.4, 0.5) is 10.1 Å². The summed E-state index contributed by atoms with van der Waals surface area (Å²) in [5.41, 5.74) is -0.148. The van der Waals surface area contributed by atoms with Gasteiger partial charge in [0.25, 0.3) is 0 Å². The number of anilines is 1. The van der Waals surface area contributed by atoms with Gasteiger partial charge in [-0.25, -0.2) is 12.8 Å². The number of nitrogens with zero attached hydrogens (tertiary/aromatic N) is 1. The molecule has 26 heavy (non-hydrogen) atoms. The number of halogens is 1. The molecule has 2 rings (SSSR count). The molecule has 1 atom stereocenters. The van der Waals surface area contributed by atoms with Crippen molar-refractivity contribution in [2.24, 2.45) is 0 Å². The molecular formula is C17H21FN2O4S2. The first kappa shape index (κ1) is 20.3. The van der Waals surface area contributed by atoms with Crippen molar-refractivity contribution in [2.75, 3.05) is 22.9 Å². The van der Waals surface area contributed by atoms with E-state index in [0.29, 0.717) is 18.1 Å². The molecule has 0 aliphatic heterocycles. The number of furan rings is 1. The number of carbonyl (C=O) groups is 1. The Labute approximate surface area is 156 Å². The molecule has 1 unspecified atom stereocenters. The number of para-hydroxylation sites is 1. The van der Waals surface area contributed by atoms with Gasteiger partial charge in [0, 0.05) is 12.3 Å². The normalized spacial score (nSPS) is 12.6. The molecule has 6 nitrogen and oxygen atoms in total. The Morgan fingerprint density at radius 3 is 2.65 bits per heavy atom. The number of sulfonamides is 1. The molecule has 0 saturated heterocycles. The number of rotatable bonds is 9. The molecule has 1 heterocycles. The zero-order valence-corrected chi connectivity index (χ0v) is 16.1. The van der Waals surface area contributed by atoms with Crippen molar-refractivity contribution in [1.29, 1.82) is 0 Å². The smallest absolute Gasteiger partial charge is 0.243 e. The molecule has 0 aliphatic carbocycles.